The van der Waals surface area contributed by atoms with Crippen LogP contribution in [-0.4, -0.2) is 51.8 Å². The van der Waals surface area contributed by atoms with E-state index in [1.807, 2.05) is 17.8 Å². The minimum absolute atomic E-state index is 0.0505. The Morgan fingerprint density at radius 3 is 2.50 bits per heavy atom. The molecule has 0 saturated heterocycles. The maximum absolute atomic E-state index is 12.6. The summed E-state index contributed by atoms with van der Waals surface area (Å²) in [5.74, 6) is 0.687. The van der Waals surface area contributed by atoms with Gasteiger partial charge in [-0.2, -0.15) is 4.68 Å². The molecular formula is C19H27N5O2. The quantitative estimate of drug-likeness (QED) is 0.822. The van der Waals surface area contributed by atoms with Gasteiger partial charge in [-0.1, -0.05) is 37.5 Å². The standard InChI is InChI=1S/C19H27N5O2/c1-14-9-8-10-15(2)17(14)24-18(20-21-22-24)19(11-6-5-7-12-19)23(3)16(25)13-26-4/h8-10H,5-7,11-13H2,1-4H3. The van der Waals surface area contributed by atoms with Crippen molar-refractivity contribution in [2.45, 2.75) is 51.5 Å². The van der Waals surface area contributed by atoms with Crippen LogP contribution >= 0.6 is 0 Å². The van der Waals surface area contributed by atoms with Gasteiger partial charge < -0.3 is 9.64 Å². The van der Waals surface area contributed by atoms with Crippen LogP contribution in [0.2, 0.25) is 0 Å². The summed E-state index contributed by atoms with van der Waals surface area (Å²) in [7, 11) is 3.39. The predicted molar refractivity (Wildman–Crippen MR) is 98.0 cm³/mol. The van der Waals surface area contributed by atoms with Crippen molar-refractivity contribution in [1.82, 2.24) is 25.1 Å². The van der Waals surface area contributed by atoms with Crippen molar-refractivity contribution >= 4 is 5.91 Å². The number of rotatable bonds is 5. The Bertz CT molecular complexity index is 760. The van der Waals surface area contributed by atoms with Crippen LogP contribution in [0.5, 0.6) is 0 Å². The fourth-order valence-corrected chi connectivity index (χ4v) is 4.07. The molecule has 1 aromatic heterocycles. The number of benzene rings is 1. The number of para-hydroxylation sites is 1. The molecule has 1 fully saturated rings. The summed E-state index contributed by atoms with van der Waals surface area (Å²) in [6, 6.07) is 6.14. The highest BCUT2D eigenvalue weighted by atomic mass is 16.5. The lowest BCUT2D eigenvalue weighted by atomic mass is 9.79. The van der Waals surface area contributed by atoms with Crippen molar-refractivity contribution in [1.29, 1.82) is 0 Å². The second-order valence-electron chi connectivity index (χ2n) is 7.13. The van der Waals surface area contributed by atoms with Gasteiger partial charge in [-0.3, -0.25) is 4.79 Å². The van der Waals surface area contributed by atoms with Crippen LogP contribution < -0.4 is 0 Å². The third-order valence-electron chi connectivity index (χ3n) is 5.50. The van der Waals surface area contributed by atoms with Gasteiger partial charge in [-0.25, -0.2) is 0 Å². The molecule has 0 aliphatic heterocycles. The Kier molecular flexibility index (Phi) is 5.36. The summed E-state index contributed by atoms with van der Waals surface area (Å²) in [5, 5.41) is 12.7. The predicted octanol–water partition coefficient (Wildman–Crippen LogP) is 2.54. The van der Waals surface area contributed by atoms with E-state index in [0.717, 1.165) is 48.3 Å². The van der Waals surface area contributed by atoms with E-state index < -0.39 is 5.54 Å². The van der Waals surface area contributed by atoms with Gasteiger partial charge in [-0.15, -0.1) is 5.10 Å². The van der Waals surface area contributed by atoms with Gasteiger partial charge in [0.05, 0.1) is 5.69 Å². The van der Waals surface area contributed by atoms with Crippen molar-refractivity contribution in [3.05, 3.63) is 35.2 Å². The second-order valence-corrected chi connectivity index (χ2v) is 7.13. The van der Waals surface area contributed by atoms with E-state index in [4.69, 9.17) is 4.74 Å². The fourth-order valence-electron chi connectivity index (χ4n) is 4.07. The lowest BCUT2D eigenvalue weighted by Crippen LogP contribution is -2.51. The van der Waals surface area contributed by atoms with Crippen LogP contribution in [0.1, 0.15) is 49.1 Å². The van der Waals surface area contributed by atoms with Crippen molar-refractivity contribution < 1.29 is 9.53 Å². The zero-order valence-corrected chi connectivity index (χ0v) is 16.0. The number of aromatic nitrogens is 4. The molecule has 0 bridgehead atoms. The van der Waals surface area contributed by atoms with Gasteiger partial charge in [-0.05, 0) is 48.2 Å². The van der Waals surface area contributed by atoms with Gasteiger partial charge in [0.25, 0.3) is 0 Å². The lowest BCUT2D eigenvalue weighted by molar-refractivity contribution is -0.142. The number of carbonyl (C=O) groups is 1. The third-order valence-corrected chi connectivity index (χ3v) is 5.50. The number of ether oxygens (including phenoxy) is 1. The molecule has 7 nitrogen and oxygen atoms in total. The van der Waals surface area contributed by atoms with E-state index in [-0.39, 0.29) is 12.5 Å². The molecule has 1 saturated carbocycles. The highest BCUT2D eigenvalue weighted by Gasteiger charge is 2.44. The van der Waals surface area contributed by atoms with Crippen molar-refractivity contribution in [2.24, 2.45) is 0 Å². The number of likely N-dealkylation sites (N-methyl/N-ethyl adjacent to an activating group) is 1. The van der Waals surface area contributed by atoms with E-state index in [2.05, 4.69) is 41.5 Å². The molecule has 1 amide bonds. The van der Waals surface area contributed by atoms with Gasteiger partial charge in [0, 0.05) is 14.2 Å². The largest absolute Gasteiger partial charge is 0.375 e. The summed E-state index contributed by atoms with van der Waals surface area (Å²) < 4.78 is 6.91. The summed E-state index contributed by atoms with van der Waals surface area (Å²) in [4.78, 5) is 14.4. The number of hydrogen-bond donors (Lipinski definition) is 0. The topological polar surface area (TPSA) is 73.1 Å². The van der Waals surface area contributed by atoms with E-state index in [9.17, 15) is 4.79 Å². The van der Waals surface area contributed by atoms with Crippen molar-refractivity contribution in [3.8, 4) is 5.69 Å². The first-order valence-electron chi connectivity index (χ1n) is 9.12. The molecular weight excluding hydrogens is 330 g/mol. The number of tetrazole rings is 1. The Balaban J connectivity index is 2.13. The molecule has 0 radical (unpaired) electrons. The molecule has 1 aliphatic rings. The van der Waals surface area contributed by atoms with Crippen LogP contribution in [-0.2, 0) is 15.1 Å². The van der Waals surface area contributed by atoms with Gasteiger partial charge in [0.15, 0.2) is 5.82 Å². The first kappa shape index (κ1) is 18.5. The zero-order valence-electron chi connectivity index (χ0n) is 16.0. The molecule has 2 aromatic rings. The van der Waals surface area contributed by atoms with Crippen molar-refractivity contribution in [2.75, 3.05) is 20.8 Å². The second kappa shape index (κ2) is 7.53. The molecule has 1 aromatic carbocycles. The van der Waals surface area contributed by atoms with E-state index in [0.29, 0.717) is 0 Å². The number of nitrogens with zero attached hydrogens (tertiary/aromatic N) is 5. The number of aryl methyl sites for hydroxylation is 2. The first-order chi connectivity index (χ1) is 12.5. The molecule has 0 unspecified atom stereocenters. The zero-order chi connectivity index (χ0) is 18.7. The minimum Gasteiger partial charge on any atom is -0.375 e. The molecule has 7 heteroatoms. The lowest BCUT2D eigenvalue weighted by Gasteiger charge is -2.43. The van der Waals surface area contributed by atoms with E-state index in [1.165, 1.54) is 6.42 Å². The van der Waals surface area contributed by atoms with E-state index >= 15 is 0 Å². The molecule has 140 valence electrons. The molecule has 0 atom stereocenters. The Morgan fingerprint density at radius 1 is 1.23 bits per heavy atom. The third kappa shape index (κ3) is 3.11. The molecule has 1 heterocycles. The minimum atomic E-state index is -0.508. The van der Waals surface area contributed by atoms with Crippen LogP contribution in [0.15, 0.2) is 18.2 Å². The van der Waals surface area contributed by atoms with Crippen LogP contribution in [0, 0.1) is 13.8 Å². The molecule has 0 spiro atoms. The van der Waals surface area contributed by atoms with Crippen LogP contribution in [0.4, 0.5) is 0 Å². The normalized spacial score (nSPS) is 16.5. The Hall–Kier alpha value is -2.28. The average molecular weight is 357 g/mol. The molecule has 3 rings (SSSR count). The molecule has 26 heavy (non-hydrogen) atoms. The maximum atomic E-state index is 12.6. The smallest absolute Gasteiger partial charge is 0.249 e. The fraction of sp³-hybridized carbons (Fsp3) is 0.579. The summed E-state index contributed by atoms with van der Waals surface area (Å²) in [5.41, 5.74) is 2.70. The van der Waals surface area contributed by atoms with Crippen LogP contribution in [0.3, 0.4) is 0 Å². The average Bonchev–Trinajstić information content (AvgIpc) is 3.11. The monoisotopic (exact) mass is 357 g/mol. The van der Waals surface area contributed by atoms with Gasteiger partial charge in [0.1, 0.15) is 12.1 Å². The number of hydrogen-bond acceptors (Lipinski definition) is 5. The number of methoxy groups -OCH3 is 1. The first-order valence-corrected chi connectivity index (χ1v) is 9.12. The molecule has 1 aliphatic carbocycles. The SMILES string of the molecule is COCC(=O)N(C)C1(c2nnnn2-c2c(C)cccc2C)CCCCC1. The number of amides is 1. The summed E-state index contributed by atoms with van der Waals surface area (Å²) >= 11 is 0. The van der Waals surface area contributed by atoms with E-state index in [1.54, 1.807) is 12.0 Å². The van der Waals surface area contributed by atoms with Gasteiger partial charge >= 0.3 is 0 Å². The Labute approximate surface area is 154 Å². The highest BCUT2D eigenvalue weighted by molar-refractivity contribution is 5.78. The molecule has 0 N–H and O–H groups in total. The number of carbonyl (C=O) groups excluding carboxylic acids is 1. The highest BCUT2D eigenvalue weighted by Crippen LogP contribution is 2.41. The maximum Gasteiger partial charge on any atom is 0.249 e. The van der Waals surface area contributed by atoms with Crippen molar-refractivity contribution in [3.63, 3.8) is 0 Å². The summed E-state index contributed by atoms with van der Waals surface area (Å²) in [6.07, 6.45) is 4.96. The van der Waals surface area contributed by atoms with Gasteiger partial charge in [0.2, 0.25) is 5.91 Å². The summed E-state index contributed by atoms with van der Waals surface area (Å²) in [6.45, 7) is 4.17. The van der Waals surface area contributed by atoms with Crippen LogP contribution in [0.25, 0.3) is 5.69 Å². The Morgan fingerprint density at radius 2 is 1.88 bits per heavy atom.